The summed E-state index contributed by atoms with van der Waals surface area (Å²) in [5.41, 5.74) is 2.84. The quantitative estimate of drug-likeness (QED) is 0.750. The Morgan fingerprint density at radius 3 is 2.94 bits per heavy atom. The van der Waals surface area contributed by atoms with Crippen molar-refractivity contribution in [3.63, 3.8) is 0 Å². The first-order valence-corrected chi connectivity index (χ1v) is 7.47. The average molecular weight is 244 g/mol. The van der Waals surface area contributed by atoms with Crippen LogP contribution in [-0.2, 0) is 0 Å². The SMILES string of the molecule is c1ccc2c(c1)NCCC2CNCCCC1CC1. The summed E-state index contributed by atoms with van der Waals surface area (Å²) < 4.78 is 0. The van der Waals surface area contributed by atoms with Gasteiger partial charge in [0.2, 0.25) is 0 Å². The smallest absolute Gasteiger partial charge is 0.0376 e. The van der Waals surface area contributed by atoms with Crippen LogP contribution >= 0.6 is 0 Å². The third kappa shape index (κ3) is 3.05. The van der Waals surface area contributed by atoms with Crippen LogP contribution in [0.3, 0.4) is 0 Å². The predicted molar refractivity (Wildman–Crippen MR) is 77.1 cm³/mol. The number of benzene rings is 1. The highest BCUT2D eigenvalue weighted by Crippen LogP contribution is 2.33. The Labute approximate surface area is 110 Å². The van der Waals surface area contributed by atoms with Gasteiger partial charge in [0.1, 0.15) is 0 Å². The lowest BCUT2D eigenvalue weighted by Gasteiger charge is -2.27. The van der Waals surface area contributed by atoms with E-state index in [1.54, 1.807) is 0 Å². The van der Waals surface area contributed by atoms with Crippen molar-refractivity contribution in [2.24, 2.45) is 5.92 Å². The third-order valence-corrected chi connectivity index (χ3v) is 4.26. The van der Waals surface area contributed by atoms with Gasteiger partial charge in [-0.25, -0.2) is 0 Å². The molecule has 2 heteroatoms. The normalized spacial score (nSPS) is 22.3. The Kier molecular flexibility index (Phi) is 3.84. The lowest BCUT2D eigenvalue weighted by atomic mass is 9.91. The van der Waals surface area contributed by atoms with Crippen LogP contribution in [0.2, 0.25) is 0 Å². The Bertz CT molecular complexity index is 384. The van der Waals surface area contributed by atoms with E-state index in [1.807, 2.05) is 0 Å². The Morgan fingerprint density at radius 1 is 1.17 bits per heavy atom. The van der Waals surface area contributed by atoms with Gasteiger partial charge in [-0.1, -0.05) is 31.0 Å². The van der Waals surface area contributed by atoms with Crippen LogP contribution in [0.4, 0.5) is 5.69 Å². The molecule has 1 aromatic carbocycles. The molecule has 1 fully saturated rings. The van der Waals surface area contributed by atoms with Gasteiger partial charge in [-0.2, -0.15) is 0 Å². The lowest BCUT2D eigenvalue weighted by molar-refractivity contribution is 0.528. The van der Waals surface area contributed by atoms with E-state index in [0.717, 1.165) is 19.0 Å². The summed E-state index contributed by atoms with van der Waals surface area (Å²) in [5.74, 6) is 1.77. The Balaban J connectivity index is 1.44. The topological polar surface area (TPSA) is 24.1 Å². The summed E-state index contributed by atoms with van der Waals surface area (Å²) in [4.78, 5) is 0. The molecule has 2 nitrogen and oxygen atoms in total. The Hall–Kier alpha value is -1.02. The van der Waals surface area contributed by atoms with Crippen molar-refractivity contribution in [2.75, 3.05) is 25.0 Å². The Morgan fingerprint density at radius 2 is 2.06 bits per heavy atom. The molecular formula is C16H24N2. The zero-order valence-corrected chi connectivity index (χ0v) is 11.1. The first kappa shape index (κ1) is 12.0. The molecule has 1 heterocycles. The van der Waals surface area contributed by atoms with Gasteiger partial charge in [0, 0.05) is 24.7 Å². The fraction of sp³-hybridized carbons (Fsp3) is 0.625. The molecule has 0 saturated heterocycles. The number of para-hydroxylation sites is 1. The number of fused-ring (bicyclic) bond motifs is 1. The van der Waals surface area contributed by atoms with E-state index in [1.165, 1.54) is 49.9 Å². The molecule has 1 aliphatic carbocycles. The van der Waals surface area contributed by atoms with Crippen LogP contribution in [0, 0.1) is 5.92 Å². The summed E-state index contributed by atoms with van der Waals surface area (Å²) in [6.45, 7) is 3.46. The molecule has 1 unspecified atom stereocenters. The second kappa shape index (κ2) is 5.75. The summed E-state index contributed by atoms with van der Waals surface area (Å²) >= 11 is 0. The van der Waals surface area contributed by atoms with Crippen molar-refractivity contribution >= 4 is 5.69 Å². The summed E-state index contributed by atoms with van der Waals surface area (Å²) in [6, 6.07) is 8.76. The van der Waals surface area contributed by atoms with Crippen LogP contribution in [0.15, 0.2) is 24.3 Å². The summed E-state index contributed by atoms with van der Waals surface area (Å²) in [7, 11) is 0. The van der Waals surface area contributed by atoms with E-state index < -0.39 is 0 Å². The van der Waals surface area contributed by atoms with Gasteiger partial charge in [0.25, 0.3) is 0 Å². The standard InChI is InChI=1S/C16H24N2/c1-2-6-16-15(5-1)14(9-11-18-16)12-17-10-3-4-13-7-8-13/h1-2,5-6,13-14,17-18H,3-4,7-12H2. The van der Waals surface area contributed by atoms with Crippen LogP contribution in [0.5, 0.6) is 0 Å². The molecule has 1 aromatic rings. The minimum absolute atomic E-state index is 0.698. The molecule has 2 aliphatic rings. The molecule has 0 spiro atoms. The molecule has 0 amide bonds. The van der Waals surface area contributed by atoms with Crippen molar-refractivity contribution in [1.82, 2.24) is 5.32 Å². The van der Waals surface area contributed by atoms with Crippen LogP contribution in [0.1, 0.15) is 43.6 Å². The molecule has 1 atom stereocenters. The maximum Gasteiger partial charge on any atom is 0.0376 e. The predicted octanol–water partition coefficient (Wildman–Crippen LogP) is 3.37. The van der Waals surface area contributed by atoms with Gasteiger partial charge in [-0.05, 0) is 43.4 Å². The highest BCUT2D eigenvalue weighted by atomic mass is 14.9. The van der Waals surface area contributed by atoms with Gasteiger partial charge in [-0.15, -0.1) is 0 Å². The molecule has 2 N–H and O–H groups in total. The van der Waals surface area contributed by atoms with Crippen molar-refractivity contribution < 1.29 is 0 Å². The summed E-state index contributed by atoms with van der Waals surface area (Å²) in [6.07, 6.45) is 7.03. The number of hydrogen-bond acceptors (Lipinski definition) is 2. The van der Waals surface area contributed by atoms with Gasteiger partial charge < -0.3 is 10.6 Å². The second-order valence-electron chi connectivity index (χ2n) is 5.79. The largest absolute Gasteiger partial charge is 0.385 e. The fourth-order valence-corrected chi connectivity index (χ4v) is 2.96. The van der Waals surface area contributed by atoms with Gasteiger partial charge in [-0.3, -0.25) is 0 Å². The van der Waals surface area contributed by atoms with Crippen molar-refractivity contribution in [1.29, 1.82) is 0 Å². The molecule has 1 aliphatic heterocycles. The van der Waals surface area contributed by atoms with E-state index in [-0.39, 0.29) is 0 Å². The van der Waals surface area contributed by atoms with E-state index in [9.17, 15) is 0 Å². The fourth-order valence-electron chi connectivity index (χ4n) is 2.96. The highest BCUT2D eigenvalue weighted by molar-refractivity contribution is 5.54. The molecule has 0 aromatic heterocycles. The molecular weight excluding hydrogens is 220 g/mol. The maximum absolute atomic E-state index is 3.65. The molecule has 98 valence electrons. The first-order valence-electron chi connectivity index (χ1n) is 7.47. The van der Waals surface area contributed by atoms with E-state index >= 15 is 0 Å². The van der Waals surface area contributed by atoms with E-state index in [2.05, 4.69) is 34.9 Å². The monoisotopic (exact) mass is 244 g/mol. The number of hydrogen-bond donors (Lipinski definition) is 2. The van der Waals surface area contributed by atoms with Crippen LogP contribution < -0.4 is 10.6 Å². The highest BCUT2D eigenvalue weighted by Gasteiger charge is 2.21. The van der Waals surface area contributed by atoms with Crippen molar-refractivity contribution in [2.45, 2.75) is 38.0 Å². The van der Waals surface area contributed by atoms with Crippen molar-refractivity contribution in [3.05, 3.63) is 29.8 Å². The number of rotatable bonds is 6. The first-order chi connectivity index (χ1) is 8.93. The van der Waals surface area contributed by atoms with E-state index in [0.29, 0.717) is 5.92 Å². The average Bonchev–Trinajstić information content (AvgIpc) is 3.23. The molecule has 1 saturated carbocycles. The summed E-state index contributed by atoms with van der Waals surface area (Å²) in [5, 5.41) is 7.14. The zero-order valence-electron chi connectivity index (χ0n) is 11.1. The van der Waals surface area contributed by atoms with Gasteiger partial charge in [0.05, 0.1) is 0 Å². The molecule has 0 radical (unpaired) electrons. The van der Waals surface area contributed by atoms with Crippen molar-refractivity contribution in [3.8, 4) is 0 Å². The molecule has 3 rings (SSSR count). The molecule has 18 heavy (non-hydrogen) atoms. The van der Waals surface area contributed by atoms with Crippen LogP contribution in [0.25, 0.3) is 0 Å². The lowest BCUT2D eigenvalue weighted by Crippen LogP contribution is -2.27. The second-order valence-corrected chi connectivity index (χ2v) is 5.79. The minimum atomic E-state index is 0.698. The van der Waals surface area contributed by atoms with Gasteiger partial charge >= 0.3 is 0 Å². The third-order valence-electron chi connectivity index (χ3n) is 4.26. The number of nitrogens with one attached hydrogen (secondary N) is 2. The maximum atomic E-state index is 3.65. The number of anilines is 1. The van der Waals surface area contributed by atoms with E-state index in [4.69, 9.17) is 0 Å². The van der Waals surface area contributed by atoms with Gasteiger partial charge in [0.15, 0.2) is 0 Å². The van der Waals surface area contributed by atoms with Crippen LogP contribution in [-0.4, -0.2) is 19.6 Å². The molecule has 0 bridgehead atoms. The minimum Gasteiger partial charge on any atom is -0.385 e. The zero-order chi connectivity index (χ0) is 12.2.